The Morgan fingerprint density at radius 2 is 0.778 bits per heavy atom. The molecule has 0 aliphatic rings. The van der Waals surface area contributed by atoms with Crippen molar-refractivity contribution in [1.29, 1.82) is 0 Å². The summed E-state index contributed by atoms with van der Waals surface area (Å²) < 4.78 is 0. The van der Waals surface area contributed by atoms with Crippen molar-refractivity contribution in [1.82, 2.24) is 0 Å². The summed E-state index contributed by atoms with van der Waals surface area (Å²) in [5.74, 6) is 0. The van der Waals surface area contributed by atoms with E-state index in [-0.39, 0.29) is 20.4 Å². The molecule has 0 radical (unpaired) electrons. The minimum Gasteiger partial charge on any atom is -0.852 e. The van der Waals surface area contributed by atoms with E-state index in [4.69, 9.17) is 0 Å². The fourth-order valence-corrected chi connectivity index (χ4v) is 0. The van der Waals surface area contributed by atoms with Crippen molar-refractivity contribution in [3.05, 3.63) is 0 Å². The van der Waals surface area contributed by atoms with Gasteiger partial charge in [-0.2, -0.15) is 0 Å². The summed E-state index contributed by atoms with van der Waals surface area (Å²) in [6.45, 7) is 6.44. The number of rotatable bonds is 0. The van der Waals surface area contributed by atoms with E-state index in [0.717, 1.165) is 0 Å². The van der Waals surface area contributed by atoms with Gasteiger partial charge in [0, 0.05) is 0 Å². The zero-order chi connectivity index (χ0) is 7.15. The Morgan fingerprint density at radius 1 is 0.778 bits per heavy atom. The molecule has 0 aliphatic heterocycles. The summed E-state index contributed by atoms with van der Waals surface area (Å²) >= 11 is 0. The first kappa shape index (κ1) is 16.3. The van der Waals surface area contributed by atoms with Gasteiger partial charge < -0.3 is 10.2 Å². The summed E-state index contributed by atoms with van der Waals surface area (Å²) in [5, 5.41) is 19.1. The fourth-order valence-electron chi connectivity index (χ4n) is 0. The Balaban J connectivity index is -0.0000000720. The molecule has 0 aliphatic carbocycles. The van der Waals surface area contributed by atoms with Crippen LogP contribution in [0.25, 0.3) is 0 Å². The van der Waals surface area contributed by atoms with Crippen LogP contribution in [-0.2, 0) is 20.4 Å². The minimum atomic E-state index is -0.417. The van der Waals surface area contributed by atoms with Gasteiger partial charge in [0.25, 0.3) is 0 Å². The Kier molecular flexibility index (Phi) is 20.6. The van der Waals surface area contributed by atoms with E-state index >= 15 is 0 Å². The third-order valence-corrected chi connectivity index (χ3v) is 0. The Bertz CT molecular complexity index is 26.5. The van der Waals surface area contributed by atoms with Crippen molar-refractivity contribution in [3.63, 3.8) is 0 Å². The van der Waals surface area contributed by atoms with Gasteiger partial charge in [0.1, 0.15) is 0 Å². The summed E-state index contributed by atoms with van der Waals surface area (Å²) in [7, 11) is 0. The third-order valence-electron chi connectivity index (χ3n) is 0. The van der Waals surface area contributed by atoms with Crippen molar-refractivity contribution in [2.75, 3.05) is 0 Å². The second-order valence-electron chi connectivity index (χ2n) is 2.10. The van der Waals surface area contributed by atoms with E-state index in [0.29, 0.717) is 0 Å². The SMILES string of the molecule is CC(C)[O-].CC(C)[O-].[Pd+2]. The average Bonchev–Trinajstić information content (AvgIpc) is 1.25. The van der Waals surface area contributed by atoms with Gasteiger partial charge in [0.15, 0.2) is 0 Å². The Morgan fingerprint density at radius 3 is 0.778 bits per heavy atom. The molecule has 0 saturated carbocycles. The average molecular weight is 225 g/mol. The monoisotopic (exact) mass is 224 g/mol. The predicted molar refractivity (Wildman–Crippen MR) is 30.3 cm³/mol. The standard InChI is InChI=1S/2C3H7O.Pd/c2*1-3(2)4;/h2*3H,1-2H3;/q2*-1;+2. The second-order valence-corrected chi connectivity index (χ2v) is 2.10. The molecule has 9 heavy (non-hydrogen) atoms. The molecule has 0 unspecified atom stereocenters. The maximum atomic E-state index is 9.53. The van der Waals surface area contributed by atoms with Crippen molar-refractivity contribution in [2.24, 2.45) is 0 Å². The quantitative estimate of drug-likeness (QED) is 0.521. The second kappa shape index (κ2) is 11.4. The first-order valence-corrected chi connectivity index (χ1v) is 2.78. The van der Waals surface area contributed by atoms with Crippen molar-refractivity contribution >= 4 is 0 Å². The van der Waals surface area contributed by atoms with Crippen LogP contribution in [-0.4, -0.2) is 12.2 Å². The number of hydrogen-bond donors (Lipinski definition) is 0. The molecule has 0 aromatic heterocycles. The van der Waals surface area contributed by atoms with Crippen LogP contribution in [0.2, 0.25) is 0 Å². The summed E-state index contributed by atoms with van der Waals surface area (Å²) in [5.41, 5.74) is 0. The molecule has 3 heteroatoms. The molecule has 0 aromatic carbocycles. The first-order valence-electron chi connectivity index (χ1n) is 2.78. The maximum Gasteiger partial charge on any atom is 2.00 e. The molecule has 60 valence electrons. The molecule has 0 atom stereocenters. The smallest absolute Gasteiger partial charge is 0.852 e. The normalized spacial score (nSPS) is 8.00. The molecule has 0 fully saturated rings. The summed E-state index contributed by atoms with van der Waals surface area (Å²) in [6, 6.07) is 0. The van der Waals surface area contributed by atoms with Crippen molar-refractivity contribution in [3.8, 4) is 0 Å². The van der Waals surface area contributed by atoms with Gasteiger partial charge in [-0.05, 0) is 0 Å². The Labute approximate surface area is 70.9 Å². The van der Waals surface area contributed by atoms with Crippen molar-refractivity contribution in [2.45, 2.75) is 39.9 Å². The topological polar surface area (TPSA) is 46.1 Å². The van der Waals surface area contributed by atoms with Crippen molar-refractivity contribution < 1.29 is 30.6 Å². The van der Waals surface area contributed by atoms with Gasteiger partial charge in [0.2, 0.25) is 0 Å². The molecule has 0 aromatic rings. The molecule has 0 bridgehead atoms. The van der Waals surface area contributed by atoms with Crippen LogP contribution in [0, 0.1) is 0 Å². The molecule has 0 rings (SSSR count). The van der Waals surface area contributed by atoms with Gasteiger partial charge in [-0.3, -0.25) is 0 Å². The molecule has 0 spiro atoms. The van der Waals surface area contributed by atoms with E-state index in [1.807, 2.05) is 0 Å². The summed E-state index contributed by atoms with van der Waals surface area (Å²) in [4.78, 5) is 0. The van der Waals surface area contributed by atoms with E-state index < -0.39 is 12.2 Å². The van der Waals surface area contributed by atoms with E-state index in [2.05, 4.69) is 0 Å². The molecular weight excluding hydrogens is 210 g/mol. The minimum absolute atomic E-state index is 0. The van der Waals surface area contributed by atoms with Crippen LogP contribution in [0.1, 0.15) is 27.7 Å². The number of hydrogen-bond acceptors (Lipinski definition) is 2. The van der Waals surface area contributed by atoms with Crippen LogP contribution >= 0.6 is 0 Å². The van der Waals surface area contributed by atoms with E-state index in [1.54, 1.807) is 27.7 Å². The predicted octanol–water partition coefficient (Wildman–Crippen LogP) is -0.492. The van der Waals surface area contributed by atoms with Crippen LogP contribution in [0.15, 0.2) is 0 Å². The molecule has 0 amide bonds. The summed E-state index contributed by atoms with van der Waals surface area (Å²) in [6.07, 6.45) is -0.833. The van der Waals surface area contributed by atoms with Gasteiger partial charge in [-0.15, -0.1) is 12.2 Å². The van der Waals surface area contributed by atoms with E-state index in [9.17, 15) is 10.2 Å². The molecule has 0 saturated heterocycles. The Hall–Kier alpha value is 0.582. The first-order chi connectivity index (χ1) is 3.46. The van der Waals surface area contributed by atoms with Gasteiger partial charge >= 0.3 is 20.4 Å². The zero-order valence-electron chi connectivity index (χ0n) is 6.29. The van der Waals surface area contributed by atoms with E-state index in [1.165, 1.54) is 0 Å². The molecule has 0 N–H and O–H groups in total. The van der Waals surface area contributed by atoms with Crippen LogP contribution in [0.4, 0.5) is 0 Å². The van der Waals surface area contributed by atoms with Crippen LogP contribution in [0.3, 0.4) is 0 Å². The van der Waals surface area contributed by atoms with Gasteiger partial charge in [-0.25, -0.2) is 0 Å². The zero-order valence-corrected chi connectivity index (χ0v) is 7.84. The maximum absolute atomic E-state index is 9.53. The third kappa shape index (κ3) is 1100. The van der Waals surface area contributed by atoms with Gasteiger partial charge in [-0.1, -0.05) is 27.7 Å². The van der Waals surface area contributed by atoms with Crippen LogP contribution in [0.5, 0.6) is 0 Å². The molecule has 0 heterocycles. The van der Waals surface area contributed by atoms with Gasteiger partial charge in [0.05, 0.1) is 0 Å². The molecular formula is C6H14O2Pd. The van der Waals surface area contributed by atoms with Crippen LogP contribution < -0.4 is 10.2 Å². The largest absolute Gasteiger partial charge is 2.00 e. The molecule has 2 nitrogen and oxygen atoms in total. The fraction of sp³-hybridized carbons (Fsp3) is 1.00.